The van der Waals surface area contributed by atoms with Crippen molar-refractivity contribution in [3.05, 3.63) is 0 Å². The zero-order valence-electron chi connectivity index (χ0n) is 2.49. The van der Waals surface area contributed by atoms with Crippen molar-refractivity contribution in [2.45, 2.75) is 0 Å². The van der Waals surface area contributed by atoms with Crippen LogP contribution in [0.15, 0.2) is 0 Å². The van der Waals surface area contributed by atoms with Gasteiger partial charge in [-0.3, -0.25) is 0 Å². The molecule has 3 N–H and O–H groups in total. The van der Waals surface area contributed by atoms with Gasteiger partial charge in [-0.2, -0.15) is 0 Å². The molecule has 0 aromatic carbocycles. The number of hydrogen-bond donors (Lipinski definition) is 2. The van der Waals surface area contributed by atoms with E-state index in [4.69, 9.17) is 0 Å². The Kier molecular flexibility index (Phi) is 9.33. The summed E-state index contributed by atoms with van der Waals surface area (Å²) < 4.78 is 2.26. The molecule has 0 atom stereocenters. The molecule has 5 heteroatoms. The summed E-state index contributed by atoms with van der Waals surface area (Å²) in [6, 6.07) is -0.455. The van der Waals surface area contributed by atoms with Crippen molar-refractivity contribution < 1.29 is 29.8 Å². The first-order valence-corrected chi connectivity index (χ1v) is 2.22. The van der Waals surface area contributed by atoms with Crippen LogP contribution in [0.1, 0.15) is 0 Å². The van der Waals surface area contributed by atoms with Crippen LogP contribution in [0.25, 0.3) is 0 Å². The van der Waals surface area contributed by atoms with Gasteiger partial charge in [0.05, 0.1) is 0 Å². The average Bonchev–Trinajstić information content (AvgIpc) is 1.38. The number of nitrogens with one attached hydrogen (secondary N) is 1. The maximum absolute atomic E-state index is 9.50. The van der Waals surface area contributed by atoms with Gasteiger partial charge >= 0.3 is 44.8 Å². The molecule has 0 saturated heterocycles. The van der Waals surface area contributed by atoms with Crippen LogP contribution in [0.4, 0.5) is 4.79 Å². The minimum absolute atomic E-state index is 0. The van der Waals surface area contributed by atoms with Gasteiger partial charge in [0, 0.05) is 0 Å². The molecule has 0 aliphatic heterocycles. The normalized spacial score (nSPS) is 5.17. The molecule has 2 amide bonds. The minimum Gasteiger partial charge on any atom is 0.187 e. The molecule has 0 rings (SSSR count). The molecule has 33 valence electrons. The van der Waals surface area contributed by atoms with Gasteiger partial charge in [-0.15, -0.1) is 0 Å². The Morgan fingerprint density at radius 1 is 1.83 bits per heavy atom. The van der Waals surface area contributed by atoms with Crippen LogP contribution in [0.2, 0.25) is 0 Å². The fraction of sp³-hybridized carbons (Fsp3) is 0. The van der Waals surface area contributed by atoms with Crippen LogP contribution >= 0.6 is 0 Å². The first-order chi connectivity index (χ1) is 2.27. The molecule has 0 heterocycles. The van der Waals surface area contributed by atoms with Gasteiger partial charge in [0.1, 0.15) is 0 Å². The van der Waals surface area contributed by atoms with Crippen molar-refractivity contribution in [1.82, 2.24) is 3.26 Å². The Bertz CT molecular complexity index is 48.8. The number of carbonyl (C=O) groups excluding carboxylic acids is 1. The van der Waals surface area contributed by atoms with Crippen LogP contribution in [-0.4, -0.2) is 23.4 Å². The third-order valence-electron chi connectivity index (χ3n) is 0.123. The summed E-state index contributed by atoms with van der Waals surface area (Å²) in [6.45, 7) is 0. The monoisotopic (exact) mass is 179 g/mol. The van der Waals surface area contributed by atoms with Gasteiger partial charge in [-0.1, -0.05) is 0 Å². The molecular formula is CH6AlN2OZr. The molecule has 3 nitrogen and oxygen atoms in total. The maximum atomic E-state index is 9.50. The summed E-state index contributed by atoms with van der Waals surface area (Å²) in [7, 11) is 0. The van der Waals surface area contributed by atoms with E-state index in [9.17, 15) is 4.79 Å². The van der Waals surface area contributed by atoms with Gasteiger partial charge in [0.25, 0.3) is 0 Å². The van der Waals surface area contributed by atoms with E-state index in [1.54, 1.807) is 0 Å². The summed E-state index contributed by atoms with van der Waals surface area (Å²) in [5.74, 6) is 0. The number of nitrogens with two attached hydrogens (primary N) is 1. The van der Waals surface area contributed by atoms with E-state index < -0.39 is 6.03 Å². The van der Waals surface area contributed by atoms with E-state index in [1.165, 1.54) is 0 Å². The predicted octanol–water partition coefficient (Wildman–Crippen LogP) is -2.07. The second-order valence-corrected chi connectivity index (χ2v) is 1.10. The van der Waals surface area contributed by atoms with E-state index in [-0.39, 0.29) is 17.4 Å². The van der Waals surface area contributed by atoms with Crippen molar-refractivity contribution in [3.8, 4) is 0 Å². The smallest absolute Gasteiger partial charge is 0.187 e. The number of amides is 2. The van der Waals surface area contributed by atoms with E-state index in [0.717, 1.165) is 25.0 Å². The second-order valence-electron chi connectivity index (χ2n) is 0.489. The van der Waals surface area contributed by atoms with Crippen LogP contribution in [-0.2, 0) is 25.0 Å². The van der Waals surface area contributed by atoms with Gasteiger partial charge < -0.3 is 0 Å². The molecule has 0 aromatic heterocycles. The molecule has 0 aromatic rings. The van der Waals surface area contributed by atoms with E-state index in [2.05, 4.69) is 8.99 Å². The van der Waals surface area contributed by atoms with Crippen LogP contribution in [0.3, 0.4) is 0 Å². The SMILES string of the molecule is NC(=O)[NH][Zr].[AlH3]. The standard InChI is InChI=1S/CH4N2O.Al.Zr.3H/c2-1(3)4;;;;;/h(H4,2,3,4);;;;;/q;;+1;;;/p-1. The zero-order chi connectivity index (χ0) is 4.28. The second kappa shape index (κ2) is 5.69. The van der Waals surface area contributed by atoms with Crippen LogP contribution < -0.4 is 8.99 Å². The Morgan fingerprint density at radius 3 is 2.00 bits per heavy atom. The molecule has 0 aliphatic carbocycles. The largest absolute Gasteiger partial charge is 0.187 e. The van der Waals surface area contributed by atoms with E-state index in [0.29, 0.717) is 0 Å². The number of carbonyl (C=O) groups is 1. The van der Waals surface area contributed by atoms with Crippen molar-refractivity contribution >= 4 is 23.4 Å². The van der Waals surface area contributed by atoms with E-state index >= 15 is 0 Å². The fourth-order valence-electron chi connectivity index (χ4n) is 0. The van der Waals surface area contributed by atoms with Crippen molar-refractivity contribution in [2.24, 2.45) is 5.73 Å². The fourth-order valence-corrected chi connectivity index (χ4v) is 0. The molecule has 0 saturated carbocycles. The molecule has 6 heavy (non-hydrogen) atoms. The summed E-state index contributed by atoms with van der Waals surface area (Å²) in [5.41, 5.74) is 4.56. The van der Waals surface area contributed by atoms with Gasteiger partial charge in [0.15, 0.2) is 17.4 Å². The van der Waals surface area contributed by atoms with Crippen molar-refractivity contribution in [3.63, 3.8) is 0 Å². The van der Waals surface area contributed by atoms with Gasteiger partial charge in [0.2, 0.25) is 0 Å². The number of hydrogen-bond acceptors (Lipinski definition) is 1. The van der Waals surface area contributed by atoms with E-state index in [1.807, 2.05) is 0 Å². The molecule has 0 fully saturated rings. The van der Waals surface area contributed by atoms with Crippen molar-refractivity contribution in [1.29, 1.82) is 0 Å². The summed E-state index contributed by atoms with van der Waals surface area (Å²) in [5, 5.41) is 0. The average molecular weight is 180 g/mol. The summed E-state index contributed by atoms with van der Waals surface area (Å²) in [4.78, 5) is 9.50. The number of urea groups is 1. The first-order valence-electron chi connectivity index (χ1n) is 0.993. The van der Waals surface area contributed by atoms with Gasteiger partial charge in [-0.25, -0.2) is 0 Å². The number of primary amides is 1. The summed E-state index contributed by atoms with van der Waals surface area (Å²) >= 11 is 0.940. The molecular weight excluding hydrogens is 174 g/mol. The number of rotatable bonds is 0. The molecule has 0 radical (unpaired) electrons. The molecule has 0 unspecified atom stereocenters. The molecule has 0 spiro atoms. The third-order valence-corrected chi connectivity index (χ3v) is 0.729. The Morgan fingerprint density at radius 2 is 2.00 bits per heavy atom. The maximum Gasteiger partial charge on any atom is 0.187 e. The van der Waals surface area contributed by atoms with Crippen LogP contribution in [0, 0.1) is 0 Å². The summed E-state index contributed by atoms with van der Waals surface area (Å²) in [6.07, 6.45) is 0. The predicted molar refractivity (Wildman–Crippen MR) is 22.7 cm³/mol. The zero-order valence-corrected chi connectivity index (χ0v) is 4.94. The Hall–Kier alpha value is 0.686. The Labute approximate surface area is 62.0 Å². The topological polar surface area (TPSA) is 55.1 Å². The van der Waals surface area contributed by atoms with Crippen LogP contribution in [0.5, 0.6) is 0 Å². The van der Waals surface area contributed by atoms with Gasteiger partial charge in [-0.05, 0) is 0 Å². The van der Waals surface area contributed by atoms with Crippen molar-refractivity contribution in [2.75, 3.05) is 0 Å². The first kappa shape index (κ1) is 9.84. The molecule has 0 aliphatic rings. The minimum atomic E-state index is -0.455. The quantitative estimate of drug-likeness (QED) is 0.414. The third kappa shape index (κ3) is 8.82. The molecule has 0 bridgehead atoms. The Balaban J connectivity index is 0.